The molecule has 0 aliphatic rings. The van der Waals surface area contributed by atoms with Crippen LogP contribution in [0.4, 0.5) is 4.39 Å². The molecule has 0 bridgehead atoms. The minimum Gasteiger partial charge on any atom is -0.350 e. The summed E-state index contributed by atoms with van der Waals surface area (Å²) in [5, 5.41) is 7.72. The van der Waals surface area contributed by atoms with Gasteiger partial charge in [-0.05, 0) is 45.0 Å². The molecule has 1 atom stereocenters. The van der Waals surface area contributed by atoms with E-state index in [0.29, 0.717) is 17.4 Å². The number of nitrogens with one attached hydrogen (secondary N) is 2. The molecule has 1 aromatic carbocycles. The molecule has 0 aliphatic heterocycles. The van der Waals surface area contributed by atoms with Crippen molar-refractivity contribution in [2.24, 2.45) is 0 Å². The molecule has 130 valence electrons. The quantitative estimate of drug-likeness (QED) is 0.764. The summed E-state index contributed by atoms with van der Waals surface area (Å²) in [5.74, 6) is -0.852. The third-order valence-electron chi connectivity index (χ3n) is 4.07. The highest BCUT2D eigenvalue weighted by molar-refractivity contribution is 6.05. The summed E-state index contributed by atoms with van der Waals surface area (Å²) in [5.41, 5.74) is 1.99. The van der Waals surface area contributed by atoms with Crippen LogP contribution in [0.2, 0.25) is 0 Å². The monoisotopic (exact) mass is 342 g/mol. The Hall–Kier alpha value is -2.96. The van der Waals surface area contributed by atoms with Gasteiger partial charge in [0.1, 0.15) is 5.82 Å². The number of amides is 1. The number of fused-ring (bicyclic) bond motifs is 1. The van der Waals surface area contributed by atoms with Crippen molar-refractivity contribution >= 4 is 16.8 Å². The normalized spacial score (nSPS) is 12.3. The Kier molecular flexibility index (Phi) is 4.39. The maximum absolute atomic E-state index is 13.4. The third-order valence-corrected chi connectivity index (χ3v) is 4.07. The van der Waals surface area contributed by atoms with Crippen molar-refractivity contribution in [3.05, 3.63) is 63.5 Å². The molecule has 0 saturated heterocycles. The van der Waals surface area contributed by atoms with Crippen molar-refractivity contribution < 1.29 is 9.18 Å². The number of nitrogens with zero attached hydrogens (tertiary/aromatic N) is 2. The van der Waals surface area contributed by atoms with E-state index in [9.17, 15) is 14.0 Å². The number of pyridine rings is 1. The molecule has 3 rings (SSSR count). The maximum atomic E-state index is 13.4. The number of rotatable bonds is 4. The van der Waals surface area contributed by atoms with Gasteiger partial charge in [0.25, 0.3) is 5.91 Å². The molecule has 7 heteroatoms. The van der Waals surface area contributed by atoms with Crippen molar-refractivity contribution in [3.63, 3.8) is 0 Å². The van der Waals surface area contributed by atoms with Gasteiger partial charge in [-0.2, -0.15) is 5.10 Å². The van der Waals surface area contributed by atoms with Gasteiger partial charge >= 0.3 is 0 Å². The smallest absolute Gasteiger partial charge is 0.252 e. The third kappa shape index (κ3) is 3.45. The van der Waals surface area contributed by atoms with Crippen LogP contribution in [0.15, 0.2) is 35.1 Å². The van der Waals surface area contributed by atoms with Crippen molar-refractivity contribution in [1.29, 1.82) is 0 Å². The lowest BCUT2D eigenvalue weighted by molar-refractivity contribution is 0.0949. The Morgan fingerprint density at radius 2 is 2.08 bits per heavy atom. The Morgan fingerprint density at radius 1 is 1.32 bits per heavy atom. The predicted molar refractivity (Wildman–Crippen MR) is 93.3 cm³/mol. The maximum Gasteiger partial charge on any atom is 0.252 e. The minimum atomic E-state index is -0.473. The molecule has 0 radical (unpaired) electrons. The fourth-order valence-corrected chi connectivity index (χ4v) is 2.93. The lowest BCUT2D eigenvalue weighted by Crippen LogP contribution is -2.31. The molecule has 1 unspecified atom stereocenters. The van der Waals surface area contributed by atoms with E-state index in [2.05, 4.69) is 15.4 Å². The topological polar surface area (TPSA) is 79.8 Å². The average molecular weight is 342 g/mol. The molecule has 1 amide bonds. The number of carbonyl (C=O) groups is 1. The second-order valence-electron chi connectivity index (χ2n) is 6.17. The molecule has 2 aromatic heterocycles. The van der Waals surface area contributed by atoms with Gasteiger partial charge in [-0.15, -0.1) is 0 Å². The molecule has 2 heterocycles. The first-order chi connectivity index (χ1) is 11.8. The summed E-state index contributed by atoms with van der Waals surface area (Å²) in [6.45, 7) is 6.18. The molecular formula is C18H19FN4O2. The Bertz CT molecular complexity index is 1010. The number of H-pyrrole nitrogens is 1. The van der Waals surface area contributed by atoms with E-state index in [1.165, 1.54) is 24.3 Å². The van der Waals surface area contributed by atoms with Crippen LogP contribution in [-0.2, 0) is 0 Å². The summed E-state index contributed by atoms with van der Waals surface area (Å²) in [7, 11) is 0. The number of hydrogen-bond donors (Lipinski definition) is 2. The summed E-state index contributed by atoms with van der Waals surface area (Å²) in [4.78, 5) is 26.8. The van der Waals surface area contributed by atoms with Crippen LogP contribution in [0.5, 0.6) is 0 Å². The summed E-state index contributed by atoms with van der Waals surface area (Å²) < 4.78 is 15.2. The molecular weight excluding hydrogens is 323 g/mol. The van der Waals surface area contributed by atoms with Gasteiger partial charge in [-0.1, -0.05) is 0 Å². The Morgan fingerprint density at radius 3 is 2.76 bits per heavy atom. The van der Waals surface area contributed by atoms with Gasteiger partial charge in [0.2, 0.25) is 5.56 Å². The van der Waals surface area contributed by atoms with Crippen molar-refractivity contribution in [3.8, 4) is 0 Å². The van der Waals surface area contributed by atoms with Crippen LogP contribution < -0.4 is 10.9 Å². The van der Waals surface area contributed by atoms with Crippen molar-refractivity contribution in [2.75, 3.05) is 6.54 Å². The number of aryl methyl sites for hydroxylation is 2. The molecule has 0 fully saturated rings. The first-order valence-corrected chi connectivity index (χ1v) is 7.98. The van der Waals surface area contributed by atoms with Gasteiger partial charge in [0.05, 0.1) is 22.8 Å². The fourth-order valence-electron chi connectivity index (χ4n) is 2.93. The highest BCUT2D eigenvalue weighted by Crippen LogP contribution is 2.17. The van der Waals surface area contributed by atoms with Crippen LogP contribution in [-0.4, -0.2) is 27.2 Å². The summed E-state index contributed by atoms with van der Waals surface area (Å²) >= 11 is 0. The second-order valence-corrected chi connectivity index (χ2v) is 6.17. The van der Waals surface area contributed by atoms with Gasteiger partial charge < -0.3 is 10.3 Å². The SMILES string of the molecule is Cc1cc(C)n(C(C)CNC(=O)c2cc(=O)[nH]c3cc(F)ccc23)n1. The van der Waals surface area contributed by atoms with Crippen molar-refractivity contribution in [2.45, 2.75) is 26.8 Å². The Labute approximate surface area is 143 Å². The summed E-state index contributed by atoms with van der Waals surface area (Å²) in [6.07, 6.45) is 0. The van der Waals surface area contributed by atoms with Crippen LogP contribution in [0.1, 0.15) is 34.7 Å². The van der Waals surface area contributed by atoms with E-state index >= 15 is 0 Å². The van der Waals surface area contributed by atoms with E-state index in [-0.39, 0.29) is 17.5 Å². The second kappa shape index (κ2) is 6.51. The van der Waals surface area contributed by atoms with Gasteiger partial charge in [-0.3, -0.25) is 14.3 Å². The highest BCUT2D eigenvalue weighted by atomic mass is 19.1. The van der Waals surface area contributed by atoms with Crippen LogP contribution in [0.25, 0.3) is 10.9 Å². The number of aromatic nitrogens is 3. The number of aromatic amines is 1. The minimum absolute atomic E-state index is 0.0386. The van der Waals surface area contributed by atoms with E-state index in [1.807, 2.05) is 31.5 Å². The first-order valence-electron chi connectivity index (χ1n) is 7.98. The average Bonchev–Trinajstić information content (AvgIpc) is 2.89. The van der Waals surface area contributed by atoms with E-state index in [4.69, 9.17) is 0 Å². The highest BCUT2D eigenvalue weighted by Gasteiger charge is 2.15. The summed E-state index contributed by atoms with van der Waals surface area (Å²) in [6, 6.07) is 7.10. The van der Waals surface area contributed by atoms with E-state index in [1.54, 1.807) is 0 Å². The van der Waals surface area contributed by atoms with E-state index < -0.39 is 11.4 Å². The standard InChI is InChI=1S/C18H19FN4O2/c1-10-6-11(2)23(22-10)12(3)9-20-18(25)15-8-17(24)21-16-7-13(19)4-5-14(15)16/h4-8,12H,9H2,1-3H3,(H,20,25)(H,21,24). The van der Waals surface area contributed by atoms with Crippen LogP contribution in [0, 0.1) is 19.7 Å². The zero-order chi connectivity index (χ0) is 18.1. The lowest BCUT2D eigenvalue weighted by Gasteiger charge is -2.15. The molecule has 0 saturated carbocycles. The molecule has 6 nitrogen and oxygen atoms in total. The number of benzene rings is 1. The van der Waals surface area contributed by atoms with Gasteiger partial charge in [0.15, 0.2) is 0 Å². The zero-order valence-electron chi connectivity index (χ0n) is 14.3. The number of halogens is 1. The lowest BCUT2D eigenvalue weighted by atomic mass is 10.1. The molecule has 0 spiro atoms. The van der Waals surface area contributed by atoms with Gasteiger partial charge in [-0.25, -0.2) is 4.39 Å². The van der Waals surface area contributed by atoms with Crippen molar-refractivity contribution in [1.82, 2.24) is 20.1 Å². The fraction of sp³-hybridized carbons (Fsp3) is 0.278. The van der Waals surface area contributed by atoms with E-state index in [0.717, 1.165) is 11.4 Å². The molecule has 3 aromatic rings. The van der Waals surface area contributed by atoms with Crippen LogP contribution in [0.3, 0.4) is 0 Å². The van der Waals surface area contributed by atoms with Crippen LogP contribution >= 0.6 is 0 Å². The number of carbonyl (C=O) groups excluding carboxylic acids is 1. The number of hydrogen-bond acceptors (Lipinski definition) is 3. The molecule has 25 heavy (non-hydrogen) atoms. The first kappa shape index (κ1) is 16.9. The van der Waals surface area contributed by atoms with Gasteiger partial charge in [0, 0.05) is 23.7 Å². The predicted octanol–water partition coefficient (Wildman–Crippen LogP) is 2.47. The zero-order valence-corrected chi connectivity index (χ0v) is 14.3. The molecule has 2 N–H and O–H groups in total. The molecule has 0 aliphatic carbocycles. The largest absolute Gasteiger partial charge is 0.350 e. The Balaban J connectivity index is 1.83.